The largest absolute Gasteiger partial charge is 0.456 e. The highest BCUT2D eigenvalue weighted by atomic mass is 79.9. The van der Waals surface area contributed by atoms with Crippen LogP contribution in [0.25, 0.3) is 99.2 Å². The Kier molecular flexibility index (Phi) is 6.40. The van der Waals surface area contributed by atoms with Gasteiger partial charge in [0.05, 0.1) is 22.1 Å². The van der Waals surface area contributed by atoms with E-state index >= 15 is 0 Å². The van der Waals surface area contributed by atoms with Crippen LogP contribution in [0.15, 0.2) is 185 Å². The summed E-state index contributed by atoms with van der Waals surface area (Å²) in [5.74, 6) is 0. The Morgan fingerprint density at radius 3 is 1.83 bits per heavy atom. The summed E-state index contributed by atoms with van der Waals surface area (Å²) in [6.45, 7) is 0. The van der Waals surface area contributed by atoms with E-state index in [1.54, 1.807) is 0 Å². The number of aromatic nitrogens is 2. The smallest absolute Gasteiger partial charge is 0.136 e. The standard InChI is InChI=1S/C48H29BrN2O/c49-33-26-31(25-32(27-33)36-16-10-20-47-48(36)40-15-6-9-19-46(40)52-47)30-21-24-44-41(28-30)38-14-5-8-18-43(38)51(44)35-22-23-39-37-13-4-7-17-42(37)50(45(39)29-35)34-11-2-1-3-12-34/h1-29H. The molecule has 0 N–H and O–H groups in total. The van der Waals surface area contributed by atoms with Crippen LogP contribution < -0.4 is 0 Å². The first kappa shape index (κ1) is 29.4. The predicted molar refractivity (Wildman–Crippen MR) is 221 cm³/mol. The molecular formula is C48H29BrN2O. The molecule has 0 atom stereocenters. The maximum absolute atomic E-state index is 6.24. The van der Waals surface area contributed by atoms with Gasteiger partial charge in [-0.2, -0.15) is 0 Å². The minimum Gasteiger partial charge on any atom is -0.456 e. The second kappa shape index (κ2) is 11.3. The Bertz CT molecular complexity index is 3200. The molecule has 0 saturated heterocycles. The van der Waals surface area contributed by atoms with E-state index in [-0.39, 0.29) is 0 Å². The molecule has 11 aromatic rings. The van der Waals surface area contributed by atoms with Crippen LogP contribution in [0, 0.1) is 0 Å². The van der Waals surface area contributed by atoms with Gasteiger partial charge in [0.2, 0.25) is 0 Å². The Morgan fingerprint density at radius 1 is 0.365 bits per heavy atom. The van der Waals surface area contributed by atoms with E-state index in [9.17, 15) is 0 Å². The lowest BCUT2D eigenvalue weighted by atomic mass is 9.95. The van der Waals surface area contributed by atoms with Crippen LogP contribution in [0.5, 0.6) is 0 Å². The van der Waals surface area contributed by atoms with Crippen molar-refractivity contribution in [2.24, 2.45) is 0 Å². The third kappa shape index (κ3) is 4.38. The van der Waals surface area contributed by atoms with Gasteiger partial charge in [0.25, 0.3) is 0 Å². The summed E-state index contributed by atoms with van der Waals surface area (Å²) in [7, 11) is 0. The lowest BCUT2D eigenvalue weighted by Gasteiger charge is -2.12. The lowest BCUT2D eigenvalue weighted by molar-refractivity contribution is 0.669. The molecule has 0 radical (unpaired) electrons. The Balaban J connectivity index is 1.10. The molecule has 11 rings (SSSR count). The summed E-state index contributed by atoms with van der Waals surface area (Å²) in [5, 5.41) is 7.23. The topological polar surface area (TPSA) is 23.0 Å². The van der Waals surface area contributed by atoms with Crippen molar-refractivity contribution in [3.63, 3.8) is 0 Å². The van der Waals surface area contributed by atoms with E-state index in [4.69, 9.17) is 4.42 Å². The zero-order valence-electron chi connectivity index (χ0n) is 27.9. The van der Waals surface area contributed by atoms with Gasteiger partial charge in [-0.25, -0.2) is 0 Å². The van der Waals surface area contributed by atoms with E-state index in [1.165, 1.54) is 49.2 Å². The molecule has 244 valence electrons. The summed E-state index contributed by atoms with van der Waals surface area (Å²) in [5.41, 5.74) is 13.5. The van der Waals surface area contributed by atoms with Crippen LogP contribution in [-0.4, -0.2) is 9.13 Å². The van der Waals surface area contributed by atoms with Crippen molar-refractivity contribution in [1.29, 1.82) is 0 Å². The molecular weight excluding hydrogens is 700 g/mol. The number of halogens is 1. The molecule has 0 aliphatic heterocycles. The third-order valence-electron chi connectivity index (χ3n) is 10.5. The van der Waals surface area contributed by atoms with E-state index in [2.05, 4.69) is 189 Å². The van der Waals surface area contributed by atoms with Gasteiger partial charge in [-0.15, -0.1) is 0 Å². The molecule has 0 spiro atoms. The highest BCUT2D eigenvalue weighted by Gasteiger charge is 2.18. The number of benzene rings is 8. The van der Waals surface area contributed by atoms with E-state index in [0.717, 1.165) is 54.5 Å². The number of rotatable bonds is 4. The van der Waals surface area contributed by atoms with Crippen LogP contribution in [0.2, 0.25) is 0 Å². The second-order valence-electron chi connectivity index (χ2n) is 13.5. The first-order valence-electron chi connectivity index (χ1n) is 17.5. The number of hydrogen-bond donors (Lipinski definition) is 0. The molecule has 52 heavy (non-hydrogen) atoms. The van der Waals surface area contributed by atoms with Gasteiger partial charge in [-0.3, -0.25) is 0 Å². The number of nitrogens with zero attached hydrogens (tertiary/aromatic N) is 2. The summed E-state index contributed by atoms with van der Waals surface area (Å²) >= 11 is 3.86. The Morgan fingerprint density at radius 2 is 1.00 bits per heavy atom. The molecule has 3 aromatic heterocycles. The van der Waals surface area contributed by atoms with Gasteiger partial charge in [-0.05, 0) is 101 Å². The first-order valence-corrected chi connectivity index (χ1v) is 18.3. The quantitative estimate of drug-likeness (QED) is 0.177. The van der Waals surface area contributed by atoms with Crippen LogP contribution in [0.4, 0.5) is 0 Å². The highest BCUT2D eigenvalue weighted by molar-refractivity contribution is 9.10. The minimum absolute atomic E-state index is 0.900. The molecule has 0 bridgehead atoms. The second-order valence-corrected chi connectivity index (χ2v) is 14.4. The highest BCUT2D eigenvalue weighted by Crippen LogP contribution is 2.41. The molecule has 0 aliphatic rings. The number of fused-ring (bicyclic) bond motifs is 9. The molecule has 0 saturated carbocycles. The SMILES string of the molecule is Brc1cc(-c2ccc3c(c2)c2ccccc2n3-c2ccc3c4ccccc4n(-c4ccccc4)c3c2)cc(-c2cccc3oc4ccccc4c23)c1. The summed E-state index contributed by atoms with van der Waals surface area (Å²) < 4.78 is 12.1. The number of para-hydroxylation sites is 4. The normalized spacial score (nSPS) is 11.9. The minimum atomic E-state index is 0.900. The van der Waals surface area contributed by atoms with Gasteiger partial charge >= 0.3 is 0 Å². The van der Waals surface area contributed by atoms with Crippen LogP contribution in [0.3, 0.4) is 0 Å². The average Bonchev–Trinajstić information content (AvgIpc) is 3.85. The van der Waals surface area contributed by atoms with Crippen molar-refractivity contribution < 1.29 is 4.42 Å². The van der Waals surface area contributed by atoms with E-state index in [0.29, 0.717) is 0 Å². The third-order valence-corrected chi connectivity index (χ3v) is 11.0. The fourth-order valence-corrected chi connectivity index (χ4v) is 8.80. The predicted octanol–water partition coefficient (Wildman–Crippen LogP) is 13.9. The zero-order valence-corrected chi connectivity index (χ0v) is 29.5. The lowest BCUT2D eigenvalue weighted by Crippen LogP contribution is -1.96. The van der Waals surface area contributed by atoms with Gasteiger partial charge in [0.1, 0.15) is 11.2 Å². The van der Waals surface area contributed by atoms with Gasteiger partial charge in [-0.1, -0.05) is 113 Å². The number of furan rings is 1. The molecule has 8 aromatic carbocycles. The molecule has 3 heterocycles. The van der Waals surface area contributed by atoms with Crippen LogP contribution in [-0.2, 0) is 0 Å². The van der Waals surface area contributed by atoms with Crippen LogP contribution >= 0.6 is 15.9 Å². The summed E-state index contributed by atoms with van der Waals surface area (Å²) in [6.07, 6.45) is 0. The van der Waals surface area contributed by atoms with Crippen molar-refractivity contribution in [1.82, 2.24) is 9.13 Å². The van der Waals surface area contributed by atoms with Gasteiger partial charge < -0.3 is 13.6 Å². The molecule has 4 heteroatoms. The molecule has 0 aliphatic carbocycles. The fourth-order valence-electron chi connectivity index (χ4n) is 8.31. The Labute approximate surface area is 307 Å². The first-order chi connectivity index (χ1) is 25.7. The zero-order chi connectivity index (χ0) is 34.3. The maximum Gasteiger partial charge on any atom is 0.136 e. The van der Waals surface area contributed by atoms with Crippen molar-refractivity contribution >= 4 is 81.5 Å². The molecule has 0 fully saturated rings. The maximum atomic E-state index is 6.24. The molecule has 0 unspecified atom stereocenters. The van der Waals surface area contributed by atoms with E-state index in [1.807, 2.05) is 12.1 Å². The fraction of sp³-hybridized carbons (Fsp3) is 0. The van der Waals surface area contributed by atoms with Gasteiger partial charge in [0.15, 0.2) is 0 Å². The molecule has 0 amide bonds. The average molecular weight is 730 g/mol. The van der Waals surface area contributed by atoms with Crippen molar-refractivity contribution in [3.8, 4) is 33.6 Å². The summed E-state index contributed by atoms with van der Waals surface area (Å²) in [4.78, 5) is 0. The number of hydrogen-bond acceptors (Lipinski definition) is 1. The van der Waals surface area contributed by atoms with E-state index < -0.39 is 0 Å². The Hall–Kier alpha value is -6.36. The van der Waals surface area contributed by atoms with Crippen molar-refractivity contribution in [2.75, 3.05) is 0 Å². The molecule has 3 nitrogen and oxygen atoms in total. The van der Waals surface area contributed by atoms with Crippen molar-refractivity contribution in [2.45, 2.75) is 0 Å². The summed E-state index contributed by atoms with van der Waals surface area (Å²) in [6, 6.07) is 63.3. The van der Waals surface area contributed by atoms with Crippen LogP contribution in [0.1, 0.15) is 0 Å². The van der Waals surface area contributed by atoms with Crippen molar-refractivity contribution in [3.05, 3.63) is 180 Å². The van der Waals surface area contributed by atoms with Gasteiger partial charge in [0, 0.05) is 48.2 Å². The monoisotopic (exact) mass is 728 g/mol.